The van der Waals surface area contributed by atoms with E-state index in [-0.39, 0.29) is 12.8 Å². The van der Waals surface area contributed by atoms with Crippen molar-refractivity contribution in [2.75, 3.05) is 0 Å². The van der Waals surface area contributed by atoms with Crippen molar-refractivity contribution in [1.82, 2.24) is 0 Å². The van der Waals surface area contributed by atoms with Crippen molar-refractivity contribution >= 4 is 23.9 Å². The molecular formula is C13H16O8. The van der Waals surface area contributed by atoms with Gasteiger partial charge in [-0.25, -0.2) is 0 Å². The second-order valence-corrected chi connectivity index (χ2v) is 4.49. The lowest BCUT2D eigenvalue weighted by atomic mass is 9.55. The summed E-state index contributed by atoms with van der Waals surface area (Å²) in [5, 5.41) is 36.3. The monoisotopic (exact) mass is 300 g/mol. The fourth-order valence-electron chi connectivity index (χ4n) is 2.55. The summed E-state index contributed by atoms with van der Waals surface area (Å²) in [6, 6.07) is 0. The summed E-state index contributed by atoms with van der Waals surface area (Å²) in [7, 11) is 0. The maximum Gasteiger partial charge on any atom is 0.322 e. The zero-order valence-corrected chi connectivity index (χ0v) is 11.2. The molecule has 0 aromatic carbocycles. The minimum atomic E-state index is -2.83. The molecule has 8 heteroatoms. The minimum absolute atomic E-state index is 0.154. The molecule has 4 N–H and O–H groups in total. The number of carboxylic acids is 4. The third-order valence-electron chi connectivity index (χ3n) is 3.54. The Balaban J connectivity index is 0.00000122. The van der Waals surface area contributed by atoms with Crippen LogP contribution in [0.1, 0.15) is 25.7 Å². The van der Waals surface area contributed by atoms with E-state index in [2.05, 4.69) is 18.9 Å². The molecule has 0 unspecified atom stereocenters. The van der Waals surface area contributed by atoms with Gasteiger partial charge in [-0.1, -0.05) is 26.0 Å². The van der Waals surface area contributed by atoms with Gasteiger partial charge in [0, 0.05) is 0 Å². The van der Waals surface area contributed by atoms with Crippen LogP contribution in [0.5, 0.6) is 0 Å². The molecule has 0 aromatic rings. The Kier molecular flexibility index (Phi) is 5.88. The smallest absolute Gasteiger partial charge is 0.322 e. The summed E-state index contributed by atoms with van der Waals surface area (Å²) in [6.45, 7) is 6.25. The van der Waals surface area contributed by atoms with Crippen molar-refractivity contribution in [3.05, 3.63) is 18.9 Å². The Morgan fingerprint density at radius 1 is 0.714 bits per heavy atom. The molecule has 1 aliphatic carbocycles. The maximum atomic E-state index is 11.2. The van der Waals surface area contributed by atoms with Crippen LogP contribution in [-0.4, -0.2) is 44.3 Å². The van der Waals surface area contributed by atoms with E-state index < -0.39 is 47.5 Å². The summed E-state index contributed by atoms with van der Waals surface area (Å²) in [4.78, 5) is 44.9. The average molecular weight is 300 g/mol. The van der Waals surface area contributed by atoms with Gasteiger partial charge in [0.2, 0.25) is 0 Å². The molecule has 1 fully saturated rings. The fraction of sp³-hybridized carbons (Fsp3) is 0.462. The van der Waals surface area contributed by atoms with Crippen molar-refractivity contribution in [3.63, 3.8) is 0 Å². The molecule has 0 aliphatic heterocycles. The topological polar surface area (TPSA) is 149 Å². The van der Waals surface area contributed by atoms with Crippen LogP contribution < -0.4 is 0 Å². The van der Waals surface area contributed by atoms with Gasteiger partial charge in [0.15, 0.2) is 10.8 Å². The highest BCUT2D eigenvalue weighted by Crippen LogP contribution is 2.52. The highest BCUT2D eigenvalue weighted by Gasteiger charge is 2.71. The highest BCUT2D eigenvalue weighted by atomic mass is 16.4. The van der Waals surface area contributed by atoms with Crippen LogP contribution >= 0.6 is 0 Å². The molecule has 21 heavy (non-hydrogen) atoms. The van der Waals surface area contributed by atoms with Gasteiger partial charge in [-0.05, 0) is 12.8 Å². The molecule has 1 rings (SSSR count). The maximum absolute atomic E-state index is 11.2. The van der Waals surface area contributed by atoms with Crippen molar-refractivity contribution in [2.24, 2.45) is 10.8 Å². The molecule has 0 aromatic heterocycles. The molecule has 8 nitrogen and oxygen atoms in total. The first-order chi connectivity index (χ1) is 9.64. The van der Waals surface area contributed by atoms with Gasteiger partial charge in [0.05, 0.1) is 0 Å². The quantitative estimate of drug-likeness (QED) is 0.440. The first-order valence-electron chi connectivity index (χ1n) is 5.88. The van der Waals surface area contributed by atoms with E-state index in [4.69, 9.17) is 20.4 Å². The zero-order valence-electron chi connectivity index (χ0n) is 11.2. The number of aliphatic carboxylic acids is 4. The van der Waals surface area contributed by atoms with Crippen LogP contribution in [0.15, 0.2) is 18.9 Å². The van der Waals surface area contributed by atoms with E-state index in [9.17, 15) is 19.2 Å². The Morgan fingerprint density at radius 3 is 1.05 bits per heavy atom. The molecular weight excluding hydrogens is 284 g/mol. The van der Waals surface area contributed by atoms with Crippen LogP contribution in [0.3, 0.4) is 0 Å². The van der Waals surface area contributed by atoms with Gasteiger partial charge in [0.1, 0.15) is 0 Å². The summed E-state index contributed by atoms with van der Waals surface area (Å²) in [5.74, 6) is -7.72. The largest absolute Gasteiger partial charge is 0.480 e. The average Bonchev–Trinajstić information content (AvgIpc) is 2.37. The van der Waals surface area contributed by atoms with Gasteiger partial charge in [-0.2, -0.15) is 0 Å². The fourth-order valence-corrected chi connectivity index (χ4v) is 2.55. The number of hydrogen-bond acceptors (Lipinski definition) is 4. The molecule has 0 amide bonds. The van der Waals surface area contributed by atoms with E-state index in [0.29, 0.717) is 0 Å². The lowest BCUT2D eigenvalue weighted by Gasteiger charge is -2.41. The Morgan fingerprint density at radius 2 is 0.905 bits per heavy atom. The third-order valence-corrected chi connectivity index (χ3v) is 3.54. The van der Waals surface area contributed by atoms with E-state index in [1.54, 1.807) is 0 Å². The molecule has 0 bridgehead atoms. The van der Waals surface area contributed by atoms with Crippen LogP contribution in [0.2, 0.25) is 0 Å². The number of hydrogen-bond donors (Lipinski definition) is 4. The van der Waals surface area contributed by atoms with E-state index in [0.717, 1.165) is 0 Å². The Hall–Kier alpha value is -2.60. The SMILES string of the molecule is C=C=C.O=C(O)C1(C(=O)O)CCCCC1(C(=O)O)C(=O)O. The lowest BCUT2D eigenvalue weighted by Crippen LogP contribution is -2.62. The van der Waals surface area contributed by atoms with E-state index in [1.807, 2.05) is 0 Å². The second-order valence-electron chi connectivity index (χ2n) is 4.49. The van der Waals surface area contributed by atoms with Gasteiger partial charge in [-0.15, -0.1) is 5.73 Å². The lowest BCUT2D eigenvalue weighted by molar-refractivity contribution is -0.200. The van der Waals surface area contributed by atoms with E-state index in [1.165, 1.54) is 0 Å². The number of rotatable bonds is 4. The van der Waals surface area contributed by atoms with Crippen molar-refractivity contribution in [3.8, 4) is 0 Å². The van der Waals surface area contributed by atoms with Gasteiger partial charge >= 0.3 is 23.9 Å². The molecule has 1 aliphatic rings. The first kappa shape index (κ1) is 18.4. The predicted molar refractivity (Wildman–Crippen MR) is 68.6 cm³/mol. The second kappa shape index (κ2) is 6.71. The van der Waals surface area contributed by atoms with E-state index >= 15 is 0 Å². The summed E-state index contributed by atoms with van der Waals surface area (Å²) in [5.41, 5.74) is -3.41. The first-order valence-corrected chi connectivity index (χ1v) is 5.88. The molecule has 0 heterocycles. The summed E-state index contributed by atoms with van der Waals surface area (Å²) < 4.78 is 0. The third kappa shape index (κ3) is 2.66. The normalized spacial score (nSPS) is 18.3. The number of carboxylic acid groups (broad SMARTS) is 4. The standard InChI is InChI=1S/C10H12O8.C3H4/c11-5(12)9(6(13)14)3-1-2-4-10(9,7(15)16)8(17)18;1-3-2/h1-4H2,(H,11,12)(H,13,14)(H,15,16)(H,17,18);1-2H2. The summed E-state index contributed by atoms with van der Waals surface area (Å²) >= 11 is 0. The van der Waals surface area contributed by atoms with Crippen LogP contribution in [0.4, 0.5) is 0 Å². The molecule has 0 spiro atoms. The predicted octanol–water partition coefficient (Wildman–Crippen LogP) is 0.829. The van der Waals surface area contributed by atoms with Crippen LogP contribution in [0, 0.1) is 10.8 Å². The van der Waals surface area contributed by atoms with Gasteiger partial charge in [-0.3, -0.25) is 19.2 Å². The molecule has 0 atom stereocenters. The van der Waals surface area contributed by atoms with Crippen molar-refractivity contribution in [1.29, 1.82) is 0 Å². The van der Waals surface area contributed by atoms with Crippen molar-refractivity contribution in [2.45, 2.75) is 25.7 Å². The molecule has 0 saturated heterocycles. The van der Waals surface area contributed by atoms with Crippen molar-refractivity contribution < 1.29 is 39.6 Å². The minimum Gasteiger partial charge on any atom is -0.480 e. The molecule has 0 radical (unpaired) electrons. The van der Waals surface area contributed by atoms with Crippen LogP contribution in [0.25, 0.3) is 0 Å². The zero-order chi connectivity index (χ0) is 16.8. The Labute approximate surface area is 120 Å². The Bertz CT molecular complexity index is 430. The van der Waals surface area contributed by atoms with Gasteiger partial charge < -0.3 is 20.4 Å². The number of carbonyl (C=O) groups is 4. The molecule has 116 valence electrons. The van der Waals surface area contributed by atoms with Crippen LogP contribution in [-0.2, 0) is 19.2 Å². The highest BCUT2D eigenvalue weighted by molar-refractivity contribution is 6.13. The molecule has 1 saturated carbocycles. The van der Waals surface area contributed by atoms with Gasteiger partial charge in [0.25, 0.3) is 0 Å². The summed E-state index contributed by atoms with van der Waals surface area (Å²) in [6.07, 6.45) is -0.728.